The second kappa shape index (κ2) is 8.14. The Kier molecular flexibility index (Phi) is 6.20. The Morgan fingerprint density at radius 2 is 1.39 bits per heavy atom. The monoisotopic (exact) mass is 330 g/mol. The van der Waals surface area contributed by atoms with Crippen LogP contribution in [0.25, 0.3) is 0 Å². The third-order valence-corrected chi connectivity index (χ3v) is 4.25. The van der Waals surface area contributed by atoms with Gasteiger partial charge in [-0.3, -0.25) is 4.79 Å². The zero-order valence-electron chi connectivity index (χ0n) is 13.2. The summed E-state index contributed by atoms with van der Waals surface area (Å²) in [6, 6.07) is 21.1. The van der Waals surface area contributed by atoms with Crippen LogP contribution < -0.4 is 10.6 Å². The summed E-state index contributed by atoms with van der Waals surface area (Å²) >= 11 is 0. The molecule has 2 N–H and O–H groups in total. The number of rotatable bonds is 6. The van der Waals surface area contributed by atoms with Gasteiger partial charge in [-0.15, -0.1) is 12.4 Å². The van der Waals surface area contributed by atoms with Gasteiger partial charge in [0.05, 0.1) is 6.54 Å². The van der Waals surface area contributed by atoms with Gasteiger partial charge in [0.2, 0.25) is 5.91 Å². The van der Waals surface area contributed by atoms with Crippen molar-refractivity contribution in [2.75, 3.05) is 13.1 Å². The molecule has 23 heavy (non-hydrogen) atoms. The number of carbonyl (C=O) groups excluding carboxylic acids is 1. The summed E-state index contributed by atoms with van der Waals surface area (Å²) in [7, 11) is 0. The number of halogens is 1. The highest BCUT2D eigenvalue weighted by Crippen LogP contribution is 2.54. The number of hydrogen-bond donors (Lipinski definition) is 2. The average Bonchev–Trinajstić information content (AvgIpc) is 3.28. The Labute approximate surface area is 143 Å². The molecule has 1 aliphatic carbocycles. The first-order valence-electron chi connectivity index (χ1n) is 7.91. The summed E-state index contributed by atoms with van der Waals surface area (Å²) < 4.78 is 0. The molecule has 0 heterocycles. The maximum atomic E-state index is 12.0. The highest BCUT2D eigenvalue weighted by atomic mass is 35.5. The van der Waals surface area contributed by atoms with E-state index in [1.807, 2.05) is 19.1 Å². The molecule has 2 aromatic carbocycles. The number of likely N-dealkylation sites (N-methyl/N-ethyl adjacent to an activating group) is 1. The molecule has 0 radical (unpaired) electrons. The second-order valence-corrected chi connectivity index (χ2v) is 5.75. The van der Waals surface area contributed by atoms with Gasteiger partial charge >= 0.3 is 0 Å². The Hall–Kier alpha value is -1.84. The molecule has 4 heteroatoms. The molecule has 0 spiro atoms. The predicted molar refractivity (Wildman–Crippen MR) is 96.1 cm³/mol. The van der Waals surface area contributed by atoms with Crippen LogP contribution in [0.15, 0.2) is 60.7 Å². The van der Waals surface area contributed by atoms with Crippen LogP contribution in [0.3, 0.4) is 0 Å². The van der Waals surface area contributed by atoms with Crippen LogP contribution in [0.5, 0.6) is 0 Å². The third kappa shape index (κ3) is 4.12. The number of amides is 1. The minimum atomic E-state index is 0. The van der Waals surface area contributed by atoms with E-state index in [0.29, 0.717) is 18.4 Å². The van der Waals surface area contributed by atoms with Gasteiger partial charge in [0.1, 0.15) is 0 Å². The van der Waals surface area contributed by atoms with E-state index in [1.54, 1.807) is 0 Å². The molecule has 1 saturated carbocycles. The number of nitrogens with one attached hydrogen (secondary N) is 2. The van der Waals surface area contributed by atoms with Gasteiger partial charge in [-0.2, -0.15) is 0 Å². The van der Waals surface area contributed by atoms with E-state index in [9.17, 15) is 4.79 Å². The minimum absolute atomic E-state index is 0. The van der Waals surface area contributed by atoms with Crippen molar-refractivity contribution in [2.45, 2.75) is 24.8 Å². The first-order valence-corrected chi connectivity index (χ1v) is 7.91. The molecule has 122 valence electrons. The van der Waals surface area contributed by atoms with E-state index in [-0.39, 0.29) is 24.4 Å². The SMILES string of the molecule is CCNCC(=O)N[C@@H]1[C@@H](c2ccccc2)[C@H]1c1ccccc1.Cl. The van der Waals surface area contributed by atoms with Crippen LogP contribution in [0.1, 0.15) is 29.9 Å². The summed E-state index contributed by atoms with van der Waals surface area (Å²) in [4.78, 5) is 12.0. The van der Waals surface area contributed by atoms with E-state index >= 15 is 0 Å². The number of hydrogen-bond acceptors (Lipinski definition) is 2. The summed E-state index contributed by atoms with van der Waals surface area (Å²) in [6.07, 6.45) is 0. The van der Waals surface area contributed by atoms with Crippen molar-refractivity contribution in [1.82, 2.24) is 10.6 Å². The van der Waals surface area contributed by atoms with Crippen molar-refractivity contribution in [3.8, 4) is 0 Å². The van der Waals surface area contributed by atoms with Crippen LogP contribution in [0, 0.1) is 0 Å². The average molecular weight is 331 g/mol. The molecular weight excluding hydrogens is 308 g/mol. The smallest absolute Gasteiger partial charge is 0.234 e. The molecule has 3 atom stereocenters. The maximum absolute atomic E-state index is 12.0. The fourth-order valence-electron chi connectivity index (χ4n) is 3.15. The van der Waals surface area contributed by atoms with Crippen molar-refractivity contribution < 1.29 is 4.79 Å². The molecule has 3 nitrogen and oxygen atoms in total. The largest absolute Gasteiger partial charge is 0.351 e. The number of carbonyl (C=O) groups is 1. The lowest BCUT2D eigenvalue weighted by molar-refractivity contribution is -0.120. The zero-order valence-corrected chi connectivity index (χ0v) is 14.1. The van der Waals surface area contributed by atoms with Gasteiger partial charge in [-0.25, -0.2) is 0 Å². The number of benzene rings is 2. The van der Waals surface area contributed by atoms with E-state index in [4.69, 9.17) is 0 Å². The Morgan fingerprint density at radius 3 is 1.83 bits per heavy atom. The fraction of sp³-hybridized carbons (Fsp3) is 0.316. The van der Waals surface area contributed by atoms with Gasteiger partial charge < -0.3 is 10.6 Å². The highest BCUT2D eigenvalue weighted by Gasteiger charge is 2.52. The van der Waals surface area contributed by atoms with E-state index in [2.05, 4.69) is 59.2 Å². The predicted octanol–water partition coefficient (Wildman–Crippen LogP) is 3.08. The van der Waals surface area contributed by atoms with Crippen LogP contribution in [-0.2, 0) is 4.79 Å². The Bertz CT molecular complexity index is 572. The van der Waals surface area contributed by atoms with Crippen molar-refractivity contribution in [1.29, 1.82) is 0 Å². The van der Waals surface area contributed by atoms with Crippen molar-refractivity contribution in [3.05, 3.63) is 71.8 Å². The van der Waals surface area contributed by atoms with Crippen molar-refractivity contribution in [3.63, 3.8) is 0 Å². The van der Waals surface area contributed by atoms with Gasteiger partial charge in [0, 0.05) is 17.9 Å². The van der Waals surface area contributed by atoms with E-state index < -0.39 is 0 Å². The molecule has 0 bridgehead atoms. The first-order chi connectivity index (χ1) is 10.8. The van der Waals surface area contributed by atoms with Crippen LogP contribution in [-0.4, -0.2) is 25.0 Å². The molecule has 3 rings (SSSR count). The van der Waals surface area contributed by atoms with Gasteiger partial charge in [-0.05, 0) is 17.7 Å². The highest BCUT2D eigenvalue weighted by molar-refractivity contribution is 5.85. The molecular formula is C19H23ClN2O. The standard InChI is InChI=1S/C19H22N2O.ClH/c1-2-20-13-16(22)21-19-17(14-9-5-3-6-10-14)18(19)15-11-7-4-8-12-15;/h3-12,17-20H,2,13H2,1H3,(H,21,22);1H/t17-,18+,19+;. The molecule has 0 unspecified atom stereocenters. The van der Waals surface area contributed by atoms with Crippen LogP contribution in [0.4, 0.5) is 0 Å². The lowest BCUT2D eigenvalue weighted by Crippen LogP contribution is -2.36. The molecule has 1 amide bonds. The first kappa shape index (κ1) is 17.5. The van der Waals surface area contributed by atoms with Crippen molar-refractivity contribution in [2.24, 2.45) is 0 Å². The van der Waals surface area contributed by atoms with Crippen molar-refractivity contribution >= 4 is 18.3 Å². The van der Waals surface area contributed by atoms with Gasteiger partial charge in [0.15, 0.2) is 0 Å². The van der Waals surface area contributed by atoms with Crippen LogP contribution in [0.2, 0.25) is 0 Å². The molecule has 2 aromatic rings. The molecule has 0 aliphatic heterocycles. The third-order valence-electron chi connectivity index (χ3n) is 4.25. The molecule has 0 saturated heterocycles. The minimum Gasteiger partial charge on any atom is -0.351 e. The molecule has 1 aliphatic rings. The summed E-state index contributed by atoms with van der Waals surface area (Å²) in [5.74, 6) is 0.814. The van der Waals surface area contributed by atoms with Gasteiger partial charge in [0.25, 0.3) is 0 Å². The summed E-state index contributed by atoms with van der Waals surface area (Å²) in [6.45, 7) is 3.20. The van der Waals surface area contributed by atoms with Crippen LogP contribution >= 0.6 is 12.4 Å². The van der Waals surface area contributed by atoms with E-state index in [0.717, 1.165) is 6.54 Å². The zero-order chi connectivity index (χ0) is 15.4. The second-order valence-electron chi connectivity index (χ2n) is 5.75. The lowest BCUT2D eigenvalue weighted by Gasteiger charge is -2.05. The quantitative estimate of drug-likeness (QED) is 0.854. The fourth-order valence-corrected chi connectivity index (χ4v) is 3.15. The maximum Gasteiger partial charge on any atom is 0.234 e. The Balaban J connectivity index is 0.00000192. The normalized spacial score (nSPS) is 22.0. The lowest BCUT2D eigenvalue weighted by atomic mass is 10.0. The van der Waals surface area contributed by atoms with E-state index in [1.165, 1.54) is 11.1 Å². The molecule has 1 fully saturated rings. The summed E-state index contributed by atoms with van der Waals surface area (Å²) in [5, 5.41) is 6.26. The topological polar surface area (TPSA) is 41.1 Å². The summed E-state index contributed by atoms with van der Waals surface area (Å²) in [5.41, 5.74) is 2.59. The molecule has 0 aromatic heterocycles. The Morgan fingerprint density at radius 1 is 0.913 bits per heavy atom. The van der Waals surface area contributed by atoms with Gasteiger partial charge in [-0.1, -0.05) is 67.6 Å².